The predicted molar refractivity (Wildman–Crippen MR) is 113 cm³/mol. The molecule has 3 aromatic rings. The van der Waals surface area contributed by atoms with Gasteiger partial charge in [0.05, 0.1) is 5.56 Å². The lowest BCUT2D eigenvalue weighted by Crippen LogP contribution is -2.13. The van der Waals surface area contributed by atoms with Crippen LogP contribution in [0, 0.1) is 11.3 Å². The summed E-state index contributed by atoms with van der Waals surface area (Å²) in [5, 5.41) is 11.2. The molecule has 0 unspecified atom stereocenters. The maximum absolute atomic E-state index is 12.3. The van der Waals surface area contributed by atoms with Crippen molar-refractivity contribution in [2.45, 2.75) is 5.16 Å². The molecular weight excluding hydrogens is 440 g/mol. The predicted octanol–water partition coefficient (Wildman–Crippen LogP) is 2.71. The number of ether oxygens (including phenoxy) is 1. The monoisotopic (exact) mass is 454 g/mol. The van der Waals surface area contributed by atoms with Crippen LogP contribution in [0.25, 0.3) is 6.08 Å². The summed E-state index contributed by atoms with van der Waals surface area (Å²) in [7, 11) is -3.60. The van der Waals surface area contributed by atoms with Gasteiger partial charge in [0.15, 0.2) is 0 Å². The Bertz CT molecular complexity index is 1290. The third-order valence-corrected chi connectivity index (χ3v) is 5.33. The lowest BCUT2D eigenvalue weighted by atomic mass is 10.1. The molecule has 1 aromatic heterocycles. The number of benzene rings is 2. The lowest BCUT2D eigenvalue weighted by molar-refractivity contribution is -0.112. The first-order valence-electron chi connectivity index (χ1n) is 8.60. The molecule has 156 valence electrons. The van der Waals surface area contributed by atoms with E-state index in [0.29, 0.717) is 28.4 Å². The molecule has 0 aliphatic carbocycles. The molecule has 11 heteroatoms. The van der Waals surface area contributed by atoms with Crippen molar-refractivity contribution >= 4 is 44.5 Å². The van der Waals surface area contributed by atoms with Gasteiger partial charge in [0.25, 0.3) is 11.1 Å². The number of carbonyl (C=O) groups is 2. The first-order valence-corrected chi connectivity index (χ1v) is 11.3. The van der Waals surface area contributed by atoms with Gasteiger partial charge in [-0.15, -0.1) is 0 Å². The summed E-state index contributed by atoms with van der Waals surface area (Å²) in [5.74, 6) is -0.971. The van der Waals surface area contributed by atoms with Crippen molar-refractivity contribution in [3.8, 4) is 11.8 Å². The number of hydrogen-bond acceptors (Lipinski definition) is 9. The highest BCUT2D eigenvalue weighted by atomic mass is 32.2. The van der Waals surface area contributed by atoms with Crippen LogP contribution in [-0.2, 0) is 14.6 Å². The molecule has 0 aliphatic heterocycles. The summed E-state index contributed by atoms with van der Waals surface area (Å²) < 4.78 is 31.7. The molecule has 9 nitrogen and oxygen atoms in total. The summed E-state index contributed by atoms with van der Waals surface area (Å²) in [5.41, 5.74) is 0.691. The zero-order chi connectivity index (χ0) is 22.4. The number of esters is 1. The van der Waals surface area contributed by atoms with E-state index in [4.69, 9.17) is 4.74 Å². The third-order valence-electron chi connectivity index (χ3n) is 3.74. The largest absolute Gasteiger partial charge is 0.423 e. The second-order valence-corrected chi connectivity index (χ2v) is 8.76. The molecule has 0 spiro atoms. The first-order chi connectivity index (χ1) is 14.8. The van der Waals surface area contributed by atoms with Crippen molar-refractivity contribution in [3.63, 3.8) is 0 Å². The van der Waals surface area contributed by atoms with E-state index >= 15 is 0 Å². The zero-order valence-electron chi connectivity index (χ0n) is 16.0. The fourth-order valence-corrected chi connectivity index (χ4v) is 3.70. The maximum Gasteiger partial charge on any atom is 0.343 e. The number of rotatable bonds is 6. The number of nitrogens with one attached hydrogen (secondary N) is 1. The molecular formula is C20H14N4O5S2. The summed E-state index contributed by atoms with van der Waals surface area (Å²) >= 11 is 0.687. The van der Waals surface area contributed by atoms with Gasteiger partial charge in [0.1, 0.15) is 17.4 Å². The van der Waals surface area contributed by atoms with Gasteiger partial charge in [0, 0.05) is 17.8 Å². The minimum atomic E-state index is -3.60. The number of carbonyl (C=O) groups excluding carboxylic acids is 2. The van der Waals surface area contributed by atoms with Crippen molar-refractivity contribution in [2.75, 3.05) is 11.6 Å². The van der Waals surface area contributed by atoms with Crippen molar-refractivity contribution in [1.29, 1.82) is 5.26 Å². The Labute approximate surface area is 181 Å². The van der Waals surface area contributed by atoms with Gasteiger partial charge in [-0.3, -0.25) is 10.1 Å². The van der Waals surface area contributed by atoms with Gasteiger partial charge in [-0.2, -0.15) is 14.6 Å². The van der Waals surface area contributed by atoms with Crippen LogP contribution >= 0.6 is 11.5 Å². The highest BCUT2D eigenvalue weighted by molar-refractivity contribution is 7.90. The minimum absolute atomic E-state index is 0.0465. The molecule has 1 heterocycles. The fraction of sp³-hybridized carbons (Fsp3) is 0.0500. The van der Waals surface area contributed by atoms with Crippen LogP contribution in [0.4, 0.5) is 5.13 Å². The van der Waals surface area contributed by atoms with Gasteiger partial charge in [-0.05, 0) is 35.9 Å². The summed E-state index contributed by atoms with van der Waals surface area (Å²) in [4.78, 5) is 28.1. The Hall–Kier alpha value is -3.88. The third kappa shape index (κ3) is 5.81. The molecule has 0 saturated carbocycles. The van der Waals surface area contributed by atoms with E-state index < -0.39 is 26.9 Å². The van der Waals surface area contributed by atoms with Gasteiger partial charge in [0.2, 0.25) is 15.0 Å². The zero-order valence-corrected chi connectivity index (χ0v) is 17.6. The molecule has 3 rings (SSSR count). The quantitative estimate of drug-likeness (QED) is 0.260. The number of aromatic nitrogens is 2. The molecule has 0 radical (unpaired) electrons. The van der Waals surface area contributed by atoms with Crippen LogP contribution in [-0.4, -0.2) is 35.9 Å². The summed E-state index contributed by atoms with van der Waals surface area (Å²) in [6, 6.07) is 16.5. The maximum atomic E-state index is 12.3. The molecule has 0 saturated heterocycles. The van der Waals surface area contributed by atoms with Crippen LogP contribution in [0.3, 0.4) is 0 Å². The fourth-order valence-electron chi connectivity index (χ4n) is 2.26. The standard InChI is InChI=1S/C20H14N4O5S2/c1-31(27,28)20-23-19(30-24-20)22-17(25)15(12-21)11-13-7-9-16(10-8-13)29-18(26)14-5-3-2-4-6-14/h2-11H,1H3,(H,22,23,24,25)/b15-11-. The van der Waals surface area contributed by atoms with Crippen LogP contribution in [0.15, 0.2) is 65.3 Å². The first kappa shape index (κ1) is 21.8. The number of nitrogens with zero attached hydrogens (tertiary/aromatic N) is 3. The molecule has 2 aromatic carbocycles. The Kier molecular flexibility index (Phi) is 6.54. The number of nitriles is 1. The van der Waals surface area contributed by atoms with Crippen LogP contribution < -0.4 is 10.1 Å². The second kappa shape index (κ2) is 9.29. The Balaban J connectivity index is 1.69. The minimum Gasteiger partial charge on any atom is -0.423 e. The van der Waals surface area contributed by atoms with Crippen LogP contribution in [0.2, 0.25) is 0 Å². The van der Waals surface area contributed by atoms with Gasteiger partial charge in [-0.25, -0.2) is 13.2 Å². The molecule has 0 aliphatic rings. The number of amides is 1. The second-order valence-electron chi connectivity index (χ2n) is 6.10. The summed E-state index contributed by atoms with van der Waals surface area (Å²) in [6.45, 7) is 0. The molecule has 0 bridgehead atoms. The average Bonchev–Trinajstić information content (AvgIpc) is 3.22. The van der Waals surface area contributed by atoms with E-state index in [0.717, 1.165) is 6.26 Å². The number of sulfone groups is 1. The normalized spacial score (nSPS) is 11.4. The number of anilines is 1. The van der Waals surface area contributed by atoms with E-state index in [1.54, 1.807) is 48.5 Å². The van der Waals surface area contributed by atoms with Crippen LogP contribution in [0.1, 0.15) is 15.9 Å². The topological polar surface area (TPSA) is 139 Å². The van der Waals surface area contributed by atoms with Gasteiger partial charge >= 0.3 is 5.97 Å². The van der Waals surface area contributed by atoms with E-state index in [9.17, 15) is 23.3 Å². The van der Waals surface area contributed by atoms with Crippen LogP contribution in [0.5, 0.6) is 5.75 Å². The van der Waals surface area contributed by atoms with E-state index in [2.05, 4.69) is 14.7 Å². The van der Waals surface area contributed by atoms with E-state index in [1.165, 1.54) is 18.2 Å². The molecule has 1 amide bonds. The van der Waals surface area contributed by atoms with Crippen molar-refractivity contribution < 1.29 is 22.7 Å². The molecule has 0 atom stereocenters. The lowest BCUT2D eigenvalue weighted by Gasteiger charge is -2.05. The van der Waals surface area contributed by atoms with Crippen molar-refractivity contribution in [1.82, 2.24) is 9.36 Å². The molecule has 31 heavy (non-hydrogen) atoms. The Morgan fingerprint density at radius 2 is 1.81 bits per heavy atom. The van der Waals surface area contributed by atoms with Crippen molar-refractivity contribution in [2.24, 2.45) is 0 Å². The smallest absolute Gasteiger partial charge is 0.343 e. The number of hydrogen-bond donors (Lipinski definition) is 1. The average molecular weight is 454 g/mol. The van der Waals surface area contributed by atoms with E-state index in [-0.39, 0.29) is 10.7 Å². The van der Waals surface area contributed by atoms with Crippen molar-refractivity contribution in [3.05, 3.63) is 71.3 Å². The molecule has 0 fully saturated rings. The molecule has 1 N–H and O–H groups in total. The Morgan fingerprint density at radius 1 is 1.13 bits per heavy atom. The Morgan fingerprint density at radius 3 is 2.39 bits per heavy atom. The van der Waals surface area contributed by atoms with Gasteiger partial charge in [-0.1, -0.05) is 30.3 Å². The SMILES string of the molecule is CS(=O)(=O)c1nsc(NC(=O)/C(C#N)=C\c2ccc(OC(=O)c3ccccc3)cc2)n1. The summed E-state index contributed by atoms with van der Waals surface area (Å²) in [6.07, 6.45) is 2.28. The van der Waals surface area contributed by atoms with E-state index in [1.807, 2.05) is 0 Å². The van der Waals surface area contributed by atoms with Gasteiger partial charge < -0.3 is 4.74 Å². The highest BCUT2D eigenvalue weighted by Gasteiger charge is 2.17. The highest BCUT2D eigenvalue weighted by Crippen LogP contribution is 2.18.